The molecule has 22 heavy (non-hydrogen) atoms. The number of carboxylic acid groups (broad SMARTS) is 1. The van der Waals surface area contributed by atoms with E-state index in [0.717, 1.165) is 11.1 Å². The normalized spacial score (nSPS) is 20.5. The largest absolute Gasteiger partial charge is 0.477 e. The zero-order chi connectivity index (χ0) is 15.7. The van der Waals surface area contributed by atoms with E-state index < -0.39 is 5.97 Å². The second kappa shape index (κ2) is 5.61. The summed E-state index contributed by atoms with van der Waals surface area (Å²) in [6.45, 7) is 1.24. The van der Waals surface area contributed by atoms with Crippen LogP contribution in [0.15, 0.2) is 35.5 Å². The molecule has 1 aromatic heterocycles. The SMILES string of the molecule is NC1CN(c2ccc3ccc(C(=O)O)nc3c2)CC/C1=N/O. The second-order valence-corrected chi connectivity index (χ2v) is 5.27. The molecule has 0 amide bonds. The van der Waals surface area contributed by atoms with Crippen LogP contribution < -0.4 is 10.6 Å². The molecule has 1 saturated heterocycles. The van der Waals surface area contributed by atoms with Crippen LogP contribution in [0.5, 0.6) is 0 Å². The summed E-state index contributed by atoms with van der Waals surface area (Å²) in [5, 5.41) is 22.0. The highest BCUT2D eigenvalue weighted by atomic mass is 16.4. The van der Waals surface area contributed by atoms with Crippen molar-refractivity contribution in [1.29, 1.82) is 0 Å². The van der Waals surface area contributed by atoms with Gasteiger partial charge in [-0.25, -0.2) is 9.78 Å². The van der Waals surface area contributed by atoms with Gasteiger partial charge in [0.1, 0.15) is 5.69 Å². The van der Waals surface area contributed by atoms with E-state index in [9.17, 15) is 4.79 Å². The first-order valence-electron chi connectivity index (χ1n) is 6.94. The fraction of sp³-hybridized carbons (Fsp3) is 0.267. The van der Waals surface area contributed by atoms with E-state index in [2.05, 4.69) is 15.0 Å². The van der Waals surface area contributed by atoms with Crippen LogP contribution in [-0.4, -0.2) is 46.1 Å². The molecule has 3 rings (SSSR count). The maximum atomic E-state index is 11.0. The van der Waals surface area contributed by atoms with Crippen molar-refractivity contribution >= 4 is 28.3 Å². The van der Waals surface area contributed by atoms with Crippen LogP contribution in [0.2, 0.25) is 0 Å². The Balaban J connectivity index is 1.93. The Bertz CT molecular complexity index is 760. The molecule has 4 N–H and O–H groups in total. The quantitative estimate of drug-likeness (QED) is 0.569. The van der Waals surface area contributed by atoms with Gasteiger partial charge in [-0.1, -0.05) is 17.3 Å². The molecular formula is C15H16N4O3. The molecule has 7 heteroatoms. The molecule has 0 radical (unpaired) electrons. The van der Waals surface area contributed by atoms with E-state index >= 15 is 0 Å². The van der Waals surface area contributed by atoms with Gasteiger partial charge in [0, 0.05) is 30.6 Å². The molecule has 0 spiro atoms. The van der Waals surface area contributed by atoms with E-state index in [0.29, 0.717) is 30.7 Å². The summed E-state index contributed by atoms with van der Waals surface area (Å²) in [5.41, 5.74) is 8.15. The molecule has 0 bridgehead atoms. The minimum atomic E-state index is -1.05. The molecule has 2 heterocycles. The van der Waals surface area contributed by atoms with Gasteiger partial charge in [-0.3, -0.25) is 0 Å². The van der Waals surface area contributed by atoms with Crippen LogP contribution in [0.1, 0.15) is 16.9 Å². The van der Waals surface area contributed by atoms with Crippen LogP contribution in [0.4, 0.5) is 5.69 Å². The monoisotopic (exact) mass is 300 g/mol. The van der Waals surface area contributed by atoms with Crippen LogP contribution >= 0.6 is 0 Å². The van der Waals surface area contributed by atoms with E-state index in [-0.39, 0.29) is 11.7 Å². The highest BCUT2D eigenvalue weighted by molar-refractivity contribution is 5.92. The lowest BCUT2D eigenvalue weighted by Gasteiger charge is -2.33. The number of carbonyl (C=O) groups is 1. The number of carboxylic acids is 1. The minimum Gasteiger partial charge on any atom is -0.477 e. The molecule has 0 aliphatic carbocycles. The van der Waals surface area contributed by atoms with Gasteiger partial charge in [0.05, 0.1) is 17.3 Å². The Kier molecular flexibility index (Phi) is 3.64. The third-order valence-corrected chi connectivity index (χ3v) is 3.87. The first-order valence-corrected chi connectivity index (χ1v) is 6.94. The van der Waals surface area contributed by atoms with Gasteiger partial charge in [-0.05, 0) is 18.2 Å². The summed E-state index contributed by atoms with van der Waals surface area (Å²) in [6.07, 6.45) is 0.596. The topological polar surface area (TPSA) is 112 Å². The first-order chi connectivity index (χ1) is 10.6. The summed E-state index contributed by atoms with van der Waals surface area (Å²) in [6, 6.07) is 8.64. The van der Waals surface area contributed by atoms with Gasteiger partial charge in [0.15, 0.2) is 0 Å². The Morgan fingerprint density at radius 1 is 1.36 bits per heavy atom. The summed E-state index contributed by atoms with van der Waals surface area (Å²) < 4.78 is 0. The lowest BCUT2D eigenvalue weighted by Crippen LogP contribution is -2.49. The number of benzene rings is 1. The number of piperidine rings is 1. The van der Waals surface area contributed by atoms with Crippen LogP contribution in [-0.2, 0) is 0 Å². The van der Waals surface area contributed by atoms with Gasteiger partial charge in [-0.2, -0.15) is 0 Å². The maximum Gasteiger partial charge on any atom is 0.354 e. The van der Waals surface area contributed by atoms with Crippen molar-refractivity contribution in [2.45, 2.75) is 12.5 Å². The van der Waals surface area contributed by atoms with Crippen molar-refractivity contribution in [2.24, 2.45) is 10.9 Å². The van der Waals surface area contributed by atoms with Crippen molar-refractivity contribution in [3.8, 4) is 0 Å². The Morgan fingerprint density at radius 2 is 2.14 bits per heavy atom. The Hall–Kier alpha value is -2.67. The predicted octanol–water partition coefficient (Wildman–Crippen LogP) is 1.30. The number of nitrogens with zero attached hydrogens (tertiary/aromatic N) is 3. The summed E-state index contributed by atoms with van der Waals surface area (Å²) in [7, 11) is 0. The lowest BCUT2D eigenvalue weighted by molar-refractivity contribution is 0.0691. The van der Waals surface area contributed by atoms with Gasteiger partial charge in [-0.15, -0.1) is 0 Å². The van der Waals surface area contributed by atoms with Crippen molar-refractivity contribution in [2.75, 3.05) is 18.0 Å². The number of hydrogen-bond donors (Lipinski definition) is 3. The number of pyridine rings is 1. The number of oxime groups is 1. The Morgan fingerprint density at radius 3 is 2.82 bits per heavy atom. The zero-order valence-corrected chi connectivity index (χ0v) is 11.8. The van der Waals surface area contributed by atoms with Crippen LogP contribution in [0.3, 0.4) is 0 Å². The van der Waals surface area contributed by atoms with Gasteiger partial charge >= 0.3 is 5.97 Å². The van der Waals surface area contributed by atoms with Crippen LogP contribution in [0.25, 0.3) is 10.9 Å². The van der Waals surface area contributed by atoms with Gasteiger partial charge < -0.3 is 20.9 Å². The van der Waals surface area contributed by atoms with Crippen molar-refractivity contribution in [1.82, 2.24) is 4.98 Å². The summed E-state index contributed by atoms with van der Waals surface area (Å²) >= 11 is 0. The number of fused-ring (bicyclic) bond motifs is 1. The molecule has 114 valence electrons. The molecular weight excluding hydrogens is 284 g/mol. The van der Waals surface area contributed by atoms with E-state index in [4.69, 9.17) is 16.0 Å². The molecule has 1 fully saturated rings. The molecule has 1 aliphatic heterocycles. The fourth-order valence-corrected chi connectivity index (χ4v) is 2.65. The first kappa shape index (κ1) is 14.3. The maximum absolute atomic E-state index is 11.0. The lowest BCUT2D eigenvalue weighted by atomic mass is 10.0. The molecule has 2 aromatic rings. The molecule has 7 nitrogen and oxygen atoms in total. The number of aromatic nitrogens is 1. The Labute approximate surface area is 126 Å². The summed E-state index contributed by atoms with van der Waals surface area (Å²) in [4.78, 5) is 17.3. The zero-order valence-electron chi connectivity index (χ0n) is 11.8. The van der Waals surface area contributed by atoms with Crippen molar-refractivity contribution in [3.63, 3.8) is 0 Å². The van der Waals surface area contributed by atoms with Gasteiger partial charge in [0.2, 0.25) is 0 Å². The average Bonchev–Trinajstić information content (AvgIpc) is 2.53. The highest BCUT2D eigenvalue weighted by Crippen LogP contribution is 2.23. The number of nitrogens with two attached hydrogens (primary N) is 1. The van der Waals surface area contributed by atoms with E-state index in [1.54, 1.807) is 6.07 Å². The molecule has 1 aromatic carbocycles. The average molecular weight is 300 g/mol. The number of rotatable bonds is 2. The number of aromatic carboxylic acids is 1. The summed E-state index contributed by atoms with van der Waals surface area (Å²) in [5.74, 6) is -1.05. The second-order valence-electron chi connectivity index (χ2n) is 5.27. The van der Waals surface area contributed by atoms with Crippen molar-refractivity contribution in [3.05, 3.63) is 36.0 Å². The molecule has 1 aliphatic rings. The van der Waals surface area contributed by atoms with Crippen LogP contribution in [0, 0.1) is 0 Å². The van der Waals surface area contributed by atoms with Gasteiger partial charge in [0.25, 0.3) is 0 Å². The van der Waals surface area contributed by atoms with Crippen molar-refractivity contribution < 1.29 is 15.1 Å². The third kappa shape index (κ3) is 2.58. The predicted molar refractivity (Wildman–Crippen MR) is 82.7 cm³/mol. The highest BCUT2D eigenvalue weighted by Gasteiger charge is 2.23. The molecule has 0 saturated carbocycles. The molecule has 1 atom stereocenters. The molecule has 1 unspecified atom stereocenters. The van der Waals surface area contributed by atoms with E-state index in [1.807, 2.05) is 18.2 Å². The minimum absolute atomic E-state index is 0.0229. The number of hydrogen-bond acceptors (Lipinski definition) is 6. The fourth-order valence-electron chi connectivity index (χ4n) is 2.65. The number of anilines is 1. The third-order valence-electron chi connectivity index (χ3n) is 3.87. The standard InChI is InChI=1S/C15H16N4O3/c16-11-8-19(6-5-12(11)18-22)10-3-1-9-2-4-13(15(20)21)17-14(9)7-10/h1-4,7,11,22H,5-6,8,16H2,(H,20,21)/b18-12-. The van der Waals surface area contributed by atoms with E-state index in [1.165, 1.54) is 6.07 Å². The smallest absolute Gasteiger partial charge is 0.354 e.